The molecule has 0 saturated carbocycles. The van der Waals surface area contributed by atoms with Crippen molar-refractivity contribution in [2.45, 2.75) is 25.3 Å². The van der Waals surface area contributed by atoms with Crippen molar-refractivity contribution < 1.29 is 9.59 Å². The first-order chi connectivity index (χ1) is 9.56. The minimum Gasteiger partial charge on any atom is -0.382 e. The highest BCUT2D eigenvalue weighted by molar-refractivity contribution is 5.78. The molecule has 1 aliphatic heterocycles. The van der Waals surface area contributed by atoms with Gasteiger partial charge in [0.2, 0.25) is 5.91 Å². The minimum atomic E-state index is -0.363. The number of hydrogen-bond donors (Lipinski definition) is 3. The van der Waals surface area contributed by atoms with Gasteiger partial charge < -0.3 is 21.7 Å². The van der Waals surface area contributed by atoms with Crippen molar-refractivity contribution in [3.05, 3.63) is 29.8 Å². The van der Waals surface area contributed by atoms with Crippen molar-refractivity contribution in [3.8, 4) is 0 Å². The number of anilines is 1. The third-order valence-electron chi connectivity index (χ3n) is 3.55. The molecular formula is C14H20N4O2. The minimum absolute atomic E-state index is 0.226. The fraction of sp³-hybridized carbons (Fsp3) is 0.429. The van der Waals surface area contributed by atoms with E-state index in [0.29, 0.717) is 13.1 Å². The molecule has 1 heterocycles. The predicted molar refractivity (Wildman–Crippen MR) is 77.1 cm³/mol. The van der Waals surface area contributed by atoms with Crippen LogP contribution in [-0.2, 0) is 11.2 Å². The molecule has 6 nitrogen and oxygen atoms in total. The average molecular weight is 276 g/mol. The van der Waals surface area contributed by atoms with Gasteiger partial charge in [-0.1, -0.05) is 18.2 Å². The van der Waals surface area contributed by atoms with E-state index in [2.05, 4.69) is 5.32 Å². The van der Waals surface area contributed by atoms with Crippen LogP contribution in [0.5, 0.6) is 0 Å². The molecule has 0 unspecified atom stereocenters. The van der Waals surface area contributed by atoms with Crippen LogP contribution in [0.2, 0.25) is 0 Å². The monoisotopic (exact) mass is 276 g/mol. The summed E-state index contributed by atoms with van der Waals surface area (Å²) in [4.78, 5) is 23.8. The van der Waals surface area contributed by atoms with Crippen LogP contribution in [-0.4, -0.2) is 36.0 Å². The maximum atomic E-state index is 11.1. The zero-order valence-corrected chi connectivity index (χ0v) is 11.3. The number of urea groups is 1. The number of carbonyl (C=O) groups is 2. The van der Waals surface area contributed by atoms with Crippen molar-refractivity contribution >= 4 is 17.6 Å². The Kier molecular flexibility index (Phi) is 4.45. The SMILES string of the molecule is NC(=O)Cc1ccccc1NC1CCN(C(N)=O)CC1. The van der Waals surface area contributed by atoms with Crippen LogP contribution >= 0.6 is 0 Å². The lowest BCUT2D eigenvalue weighted by Gasteiger charge is -2.32. The fourth-order valence-corrected chi connectivity index (χ4v) is 2.47. The molecule has 0 aliphatic carbocycles. The summed E-state index contributed by atoms with van der Waals surface area (Å²) >= 11 is 0. The molecule has 1 fully saturated rings. The first-order valence-electron chi connectivity index (χ1n) is 6.73. The second-order valence-corrected chi connectivity index (χ2v) is 5.04. The molecule has 1 aromatic rings. The number of piperidine rings is 1. The van der Waals surface area contributed by atoms with E-state index >= 15 is 0 Å². The average Bonchev–Trinajstić information content (AvgIpc) is 2.41. The molecule has 1 aliphatic rings. The Labute approximate surface area is 118 Å². The lowest BCUT2D eigenvalue weighted by atomic mass is 10.0. The quantitative estimate of drug-likeness (QED) is 0.753. The van der Waals surface area contributed by atoms with Gasteiger partial charge in [0.25, 0.3) is 0 Å². The molecule has 108 valence electrons. The van der Waals surface area contributed by atoms with Gasteiger partial charge >= 0.3 is 6.03 Å². The highest BCUT2D eigenvalue weighted by atomic mass is 16.2. The Hall–Kier alpha value is -2.24. The summed E-state index contributed by atoms with van der Waals surface area (Å²) in [6.45, 7) is 1.32. The number of rotatable bonds is 4. The summed E-state index contributed by atoms with van der Waals surface area (Å²) in [5, 5.41) is 3.43. The largest absolute Gasteiger partial charge is 0.382 e. The van der Waals surface area contributed by atoms with Gasteiger partial charge in [-0.2, -0.15) is 0 Å². The fourth-order valence-electron chi connectivity index (χ4n) is 2.47. The van der Waals surface area contributed by atoms with Crippen molar-refractivity contribution in [2.24, 2.45) is 11.5 Å². The summed E-state index contributed by atoms with van der Waals surface area (Å²) in [6, 6.07) is 7.56. The van der Waals surface area contributed by atoms with Gasteiger partial charge in [-0.05, 0) is 24.5 Å². The van der Waals surface area contributed by atoms with E-state index < -0.39 is 0 Å². The van der Waals surface area contributed by atoms with Crippen LogP contribution in [0.4, 0.5) is 10.5 Å². The van der Waals surface area contributed by atoms with Crippen molar-refractivity contribution in [1.29, 1.82) is 0 Å². The van der Waals surface area contributed by atoms with Crippen molar-refractivity contribution in [3.63, 3.8) is 0 Å². The van der Waals surface area contributed by atoms with E-state index in [9.17, 15) is 9.59 Å². The van der Waals surface area contributed by atoms with Gasteiger partial charge in [0, 0.05) is 24.8 Å². The molecule has 0 radical (unpaired) electrons. The van der Waals surface area contributed by atoms with Crippen LogP contribution < -0.4 is 16.8 Å². The van der Waals surface area contributed by atoms with Crippen molar-refractivity contribution in [1.82, 2.24) is 4.90 Å². The molecule has 5 N–H and O–H groups in total. The molecule has 0 aromatic heterocycles. The Bertz CT molecular complexity index is 496. The van der Waals surface area contributed by atoms with Gasteiger partial charge in [0.1, 0.15) is 0 Å². The zero-order valence-electron chi connectivity index (χ0n) is 11.3. The lowest BCUT2D eigenvalue weighted by Crippen LogP contribution is -2.44. The van der Waals surface area contributed by atoms with E-state index in [1.165, 1.54) is 0 Å². The molecule has 1 aromatic carbocycles. The molecule has 20 heavy (non-hydrogen) atoms. The summed E-state index contributed by atoms with van der Waals surface area (Å²) in [5.41, 5.74) is 12.3. The summed E-state index contributed by atoms with van der Waals surface area (Å²) < 4.78 is 0. The van der Waals surface area contributed by atoms with Gasteiger partial charge in [-0.15, -0.1) is 0 Å². The maximum Gasteiger partial charge on any atom is 0.314 e. The molecule has 3 amide bonds. The molecule has 1 saturated heterocycles. The number of nitrogens with two attached hydrogens (primary N) is 2. The molecular weight excluding hydrogens is 256 g/mol. The number of likely N-dealkylation sites (tertiary alicyclic amines) is 1. The smallest absolute Gasteiger partial charge is 0.314 e. The van der Waals surface area contributed by atoms with E-state index in [1.807, 2.05) is 24.3 Å². The third-order valence-corrected chi connectivity index (χ3v) is 3.55. The zero-order chi connectivity index (χ0) is 14.5. The second kappa shape index (κ2) is 6.27. The summed E-state index contributed by atoms with van der Waals surface area (Å²) in [7, 11) is 0. The summed E-state index contributed by atoms with van der Waals surface area (Å²) in [5.74, 6) is -0.345. The normalized spacial score (nSPS) is 15.9. The van der Waals surface area contributed by atoms with Gasteiger partial charge in [-0.3, -0.25) is 4.79 Å². The number of benzene rings is 1. The van der Waals surface area contributed by atoms with Crippen molar-refractivity contribution in [2.75, 3.05) is 18.4 Å². The van der Waals surface area contributed by atoms with Gasteiger partial charge in [0.05, 0.1) is 6.42 Å². The van der Waals surface area contributed by atoms with Crippen LogP contribution in [0.25, 0.3) is 0 Å². The first-order valence-corrected chi connectivity index (χ1v) is 6.73. The Balaban J connectivity index is 1.97. The van der Waals surface area contributed by atoms with E-state index in [0.717, 1.165) is 24.1 Å². The Morgan fingerprint density at radius 2 is 1.85 bits per heavy atom. The third kappa shape index (κ3) is 3.63. The summed E-state index contributed by atoms with van der Waals surface area (Å²) in [6.07, 6.45) is 1.91. The van der Waals surface area contributed by atoms with E-state index in [1.54, 1.807) is 4.90 Å². The highest BCUT2D eigenvalue weighted by Crippen LogP contribution is 2.20. The highest BCUT2D eigenvalue weighted by Gasteiger charge is 2.21. The van der Waals surface area contributed by atoms with E-state index in [-0.39, 0.29) is 24.4 Å². The van der Waals surface area contributed by atoms with Gasteiger partial charge in [0.15, 0.2) is 0 Å². The number of amides is 3. The number of nitrogens with zero attached hydrogens (tertiary/aromatic N) is 1. The Morgan fingerprint density at radius 3 is 2.45 bits per heavy atom. The van der Waals surface area contributed by atoms with Gasteiger partial charge in [-0.25, -0.2) is 4.79 Å². The Morgan fingerprint density at radius 1 is 1.20 bits per heavy atom. The predicted octanol–water partition coefficient (Wildman–Crippen LogP) is 0.669. The maximum absolute atomic E-state index is 11.1. The van der Waals surface area contributed by atoms with Crippen LogP contribution in [0.1, 0.15) is 18.4 Å². The molecule has 0 atom stereocenters. The molecule has 0 spiro atoms. The van der Waals surface area contributed by atoms with Crippen LogP contribution in [0, 0.1) is 0 Å². The lowest BCUT2D eigenvalue weighted by molar-refractivity contribution is -0.117. The second-order valence-electron chi connectivity index (χ2n) is 5.04. The number of primary amides is 2. The standard InChI is InChI=1S/C14H20N4O2/c15-13(19)9-10-3-1-2-4-12(10)17-11-5-7-18(8-6-11)14(16)20/h1-4,11,17H,5-9H2,(H2,15,19)(H2,16,20). The number of para-hydroxylation sites is 1. The van der Waals surface area contributed by atoms with Crippen LogP contribution in [0.3, 0.4) is 0 Å². The first kappa shape index (κ1) is 14.2. The molecule has 6 heteroatoms. The number of nitrogens with one attached hydrogen (secondary N) is 1. The topological polar surface area (TPSA) is 101 Å². The number of hydrogen-bond acceptors (Lipinski definition) is 3. The molecule has 2 rings (SSSR count). The van der Waals surface area contributed by atoms with E-state index in [4.69, 9.17) is 11.5 Å². The molecule has 0 bridgehead atoms. The van der Waals surface area contributed by atoms with Crippen LogP contribution in [0.15, 0.2) is 24.3 Å². The number of carbonyl (C=O) groups excluding carboxylic acids is 2.